The summed E-state index contributed by atoms with van der Waals surface area (Å²) in [5.74, 6) is -3.44. The Morgan fingerprint density at radius 3 is 2.28 bits per heavy atom. The van der Waals surface area contributed by atoms with E-state index in [0.717, 1.165) is 30.3 Å². The third kappa shape index (κ3) is 4.79. The van der Waals surface area contributed by atoms with Crippen LogP contribution >= 0.6 is 0 Å². The Morgan fingerprint density at radius 1 is 1.07 bits per heavy atom. The third-order valence-electron chi connectivity index (χ3n) is 4.85. The normalized spacial score (nSPS) is 15.9. The third-order valence-corrected chi connectivity index (χ3v) is 4.85. The lowest BCUT2D eigenvalue weighted by atomic mass is 9.91. The monoisotopic (exact) mass is 409 g/mol. The number of amides is 1. The molecular weight excluding hydrogens is 390 g/mol. The first kappa shape index (κ1) is 20.9. The molecule has 9 heteroatoms. The van der Waals surface area contributed by atoms with E-state index >= 15 is 0 Å². The summed E-state index contributed by atoms with van der Waals surface area (Å²) >= 11 is 0. The highest BCUT2D eigenvalue weighted by molar-refractivity contribution is 6.06. The molecule has 0 radical (unpaired) electrons. The topological polar surface area (TPSA) is 53.5 Å². The molecule has 0 bridgehead atoms. The summed E-state index contributed by atoms with van der Waals surface area (Å²) in [6, 6.07) is 7.35. The number of hydrogen-bond donors (Lipinski definition) is 0. The number of aromatic nitrogens is 1. The van der Waals surface area contributed by atoms with Gasteiger partial charge >= 0.3 is 6.30 Å². The Kier molecular flexibility index (Phi) is 5.97. The van der Waals surface area contributed by atoms with Crippen LogP contribution in [0.1, 0.15) is 33.7 Å². The van der Waals surface area contributed by atoms with Crippen molar-refractivity contribution in [3.05, 3.63) is 59.5 Å². The van der Waals surface area contributed by atoms with Gasteiger partial charge in [0.2, 0.25) is 0 Å². The van der Waals surface area contributed by atoms with E-state index < -0.39 is 28.7 Å². The van der Waals surface area contributed by atoms with Crippen molar-refractivity contribution in [1.82, 2.24) is 9.88 Å². The molecule has 5 nitrogen and oxygen atoms in total. The van der Waals surface area contributed by atoms with E-state index in [2.05, 4.69) is 9.88 Å². The van der Waals surface area contributed by atoms with Crippen molar-refractivity contribution in [2.24, 2.45) is 5.92 Å². The Morgan fingerprint density at radius 2 is 1.69 bits per heavy atom. The molecule has 29 heavy (non-hydrogen) atoms. The minimum absolute atomic E-state index is 0.113. The van der Waals surface area contributed by atoms with Crippen LogP contribution in [0.3, 0.4) is 0 Å². The minimum Gasteiger partial charge on any atom is -0.306 e. The van der Waals surface area contributed by atoms with E-state index in [1.807, 2.05) is 7.05 Å². The second-order valence-corrected chi connectivity index (χ2v) is 6.94. The van der Waals surface area contributed by atoms with Gasteiger partial charge < -0.3 is 4.90 Å². The van der Waals surface area contributed by atoms with E-state index in [-0.39, 0.29) is 23.0 Å². The van der Waals surface area contributed by atoms with Crippen molar-refractivity contribution in [3.63, 3.8) is 0 Å². The van der Waals surface area contributed by atoms with Gasteiger partial charge in [-0.25, -0.2) is 14.3 Å². The van der Waals surface area contributed by atoms with Crippen molar-refractivity contribution in [2.45, 2.75) is 19.1 Å². The van der Waals surface area contributed by atoms with Gasteiger partial charge in [-0.1, -0.05) is 6.07 Å². The highest BCUT2D eigenvalue weighted by Crippen LogP contribution is 2.30. The van der Waals surface area contributed by atoms with Gasteiger partial charge in [0.25, 0.3) is 5.91 Å². The summed E-state index contributed by atoms with van der Waals surface area (Å²) in [6.07, 6.45) is -3.88. The van der Waals surface area contributed by atoms with Gasteiger partial charge in [0.15, 0.2) is 5.78 Å². The van der Waals surface area contributed by atoms with Crippen molar-refractivity contribution in [2.75, 3.05) is 25.0 Å². The second kappa shape index (κ2) is 8.28. The number of carbonyl (C=O) groups excluding carboxylic acids is 2. The van der Waals surface area contributed by atoms with Crippen molar-refractivity contribution >= 4 is 17.5 Å². The largest absolute Gasteiger partial charge is 0.493 e. The van der Waals surface area contributed by atoms with Crippen LogP contribution in [0.2, 0.25) is 0 Å². The number of hydrogen-bond acceptors (Lipinski definition) is 4. The summed E-state index contributed by atoms with van der Waals surface area (Å²) in [7, 11) is 1.93. The van der Waals surface area contributed by atoms with E-state index in [1.165, 1.54) is 12.1 Å². The zero-order valence-corrected chi connectivity index (χ0v) is 15.6. The van der Waals surface area contributed by atoms with Crippen LogP contribution in [-0.4, -0.2) is 48.0 Å². The van der Waals surface area contributed by atoms with Crippen molar-refractivity contribution in [3.8, 4) is 0 Å². The molecule has 2 aromatic rings. The summed E-state index contributed by atoms with van der Waals surface area (Å²) in [4.78, 5) is 30.7. The molecule has 0 saturated carbocycles. The molecule has 2 heterocycles. The molecule has 1 aliphatic heterocycles. The average molecular weight is 409 g/mol. The molecule has 0 atom stereocenters. The van der Waals surface area contributed by atoms with Crippen LogP contribution in [0.4, 0.5) is 23.4 Å². The summed E-state index contributed by atoms with van der Waals surface area (Å²) in [5, 5.41) is 0. The highest BCUT2D eigenvalue weighted by atomic mass is 19.4. The van der Waals surface area contributed by atoms with Crippen molar-refractivity contribution < 1.29 is 27.2 Å². The number of Topliss-reactive ketones (excluding diaryl/α,β-unsaturated/α-hetero) is 1. The first-order chi connectivity index (χ1) is 13.7. The molecule has 1 fully saturated rings. The van der Waals surface area contributed by atoms with E-state index in [4.69, 9.17) is 0 Å². The van der Waals surface area contributed by atoms with Crippen molar-refractivity contribution in [1.29, 1.82) is 0 Å². The number of piperidine rings is 1. The van der Waals surface area contributed by atoms with Gasteiger partial charge in [-0.15, -0.1) is 13.2 Å². The number of carbonyl (C=O) groups is 2. The van der Waals surface area contributed by atoms with Gasteiger partial charge in [-0.2, -0.15) is 0 Å². The Labute approximate surface area is 164 Å². The Hall–Kier alpha value is -2.81. The molecule has 0 aliphatic carbocycles. The lowest BCUT2D eigenvalue weighted by Gasteiger charge is -2.28. The SMILES string of the molecule is CN1CCC(C(=O)c2cccc(N(C(=O)c3ccc(F)cc3)C(F)(F)F)n2)CC1. The predicted molar refractivity (Wildman–Crippen MR) is 98.1 cm³/mol. The van der Waals surface area contributed by atoms with E-state index in [0.29, 0.717) is 25.9 Å². The van der Waals surface area contributed by atoms with Crippen LogP contribution in [0.5, 0.6) is 0 Å². The van der Waals surface area contributed by atoms with Gasteiger partial charge in [0, 0.05) is 11.5 Å². The van der Waals surface area contributed by atoms with Crippen LogP contribution in [0, 0.1) is 11.7 Å². The Balaban J connectivity index is 1.91. The zero-order chi connectivity index (χ0) is 21.2. The van der Waals surface area contributed by atoms with Gasteiger partial charge in [0.05, 0.1) is 0 Å². The molecule has 1 aliphatic rings. The van der Waals surface area contributed by atoms with E-state index in [9.17, 15) is 27.2 Å². The number of ketones is 1. The second-order valence-electron chi connectivity index (χ2n) is 6.94. The maximum Gasteiger partial charge on any atom is 0.493 e. The lowest BCUT2D eigenvalue weighted by Crippen LogP contribution is -2.44. The average Bonchev–Trinajstić information content (AvgIpc) is 2.68. The molecule has 0 unspecified atom stereocenters. The minimum atomic E-state index is -5.08. The smallest absolute Gasteiger partial charge is 0.306 e. The number of nitrogens with zero attached hydrogens (tertiary/aromatic N) is 3. The quantitative estimate of drug-likeness (QED) is 0.437. The molecule has 0 N–H and O–H groups in total. The predicted octanol–water partition coefficient (Wildman–Crippen LogP) is 3.91. The summed E-state index contributed by atoms with van der Waals surface area (Å²) in [6.45, 7) is 1.43. The molecule has 154 valence electrons. The zero-order valence-electron chi connectivity index (χ0n) is 15.6. The number of halogens is 4. The fourth-order valence-electron chi connectivity index (χ4n) is 3.24. The van der Waals surface area contributed by atoms with Gasteiger partial charge in [0.1, 0.15) is 17.3 Å². The van der Waals surface area contributed by atoms with Crippen LogP contribution in [-0.2, 0) is 0 Å². The molecule has 0 spiro atoms. The molecule has 1 aromatic heterocycles. The van der Waals surface area contributed by atoms with Crippen LogP contribution in [0.15, 0.2) is 42.5 Å². The number of likely N-dealkylation sites (tertiary alicyclic amines) is 1. The fourth-order valence-corrected chi connectivity index (χ4v) is 3.24. The molecule has 1 aromatic carbocycles. The first-order valence-electron chi connectivity index (χ1n) is 9.03. The summed E-state index contributed by atoms with van der Waals surface area (Å²) in [5.41, 5.74) is -0.462. The Bertz CT molecular complexity index is 891. The fraction of sp³-hybridized carbons (Fsp3) is 0.350. The molecule has 1 amide bonds. The standard InChI is InChI=1S/C20H19F4N3O2/c1-26-11-9-13(10-12-26)18(28)16-3-2-4-17(25-16)27(20(22,23)24)19(29)14-5-7-15(21)8-6-14/h2-8,13H,9-12H2,1H3. The number of anilines is 1. The number of pyridine rings is 1. The number of benzene rings is 1. The molecule has 1 saturated heterocycles. The first-order valence-corrected chi connectivity index (χ1v) is 9.03. The summed E-state index contributed by atoms with van der Waals surface area (Å²) < 4.78 is 54.0. The molecular formula is C20H19F4N3O2. The van der Waals surface area contributed by atoms with Crippen LogP contribution < -0.4 is 4.90 Å². The van der Waals surface area contributed by atoms with E-state index in [1.54, 1.807) is 0 Å². The highest BCUT2D eigenvalue weighted by Gasteiger charge is 2.44. The lowest BCUT2D eigenvalue weighted by molar-refractivity contribution is -0.122. The van der Waals surface area contributed by atoms with Crippen LogP contribution in [0.25, 0.3) is 0 Å². The molecule has 3 rings (SSSR count). The maximum absolute atomic E-state index is 13.7. The number of rotatable bonds is 4. The maximum atomic E-state index is 13.7. The van der Waals surface area contributed by atoms with Gasteiger partial charge in [-0.05, 0) is 69.4 Å². The number of alkyl halides is 3. The van der Waals surface area contributed by atoms with Gasteiger partial charge in [-0.3, -0.25) is 9.59 Å².